The first-order chi connectivity index (χ1) is 8.20. The van der Waals surface area contributed by atoms with Gasteiger partial charge in [-0.3, -0.25) is 4.79 Å². The van der Waals surface area contributed by atoms with Gasteiger partial charge in [0.15, 0.2) is 0 Å². The fraction of sp³-hybridized carbons (Fsp3) is 0.667. The predicted octanol–water partition coefficient (Wildman–Crippen LogP) is 0.693. The van der Waals surface area contributed by atoms with Crippen molar-refractivity contribution < 1.29 is 9.53 Å². The van der Waals surface area contributed by atoms with Crippen molar-refractivity contribution in [1.29, 1.82) is 0 Å². The van der Waals surface area contributed by atoms with Gasteiger partial charge in [0.05, 0.1) is 18.6 Å². The molecule has 17 heavy (non-hydrogen) atoms. The molecule has 0 radical (unpaired) electrons. The Morgan fingerprint density at radius 2 is 2.41 bits per heavy atom. The molecule has 1 aliphatic rings. The average Bonchev–Trinajstić information content (AvgIpc) is 2.73. The molecule has 2 heterocycles. The zero-order valence-electron chi connectivity index (χ0n) is 10.4. The van der Waals surface area contributed by atoms with Gasteiger partial charge in [-0.2, -0.15) is 0 Å². The maximum Gasteiger partial charge on any atom is 0.251 e. The molecule has 0 spiro atoms. The van der Waals surface area contributed by atoms with Gasteiger partial charge in [-0.25, -0.2) is 4.98 Å². The molecule has 94 valence electrons. The van der Waals surface area contributed by atoms with E-state index in [1.165, 1.54) is 0 Å². The monoisotopic (exact) mass is 237 g/mol. The lowest BCUT2D eigenvalue weighted by Gasteiger charge is -2.29. The number of carbonyl (C=O) groups is 1. The molecule has 5 nitrogen and oxygen atoms in total. The molecule has 1 saturated heterocycles. The second-order valence-electron chi connectivity index (χ2n) is 4.43. The Morgan fingerprint density at radius 1 is 1.59 bits per heavy atom. The van der Waals surface area contributed by atoms with Crippen molar-refractivity contribution in [1.82, 2.24) is 14.5 Å². The zero-order chi connectivity index (χ0) is 12.3. The van der Waals surface area contributed by atoms with Crippen molar-refractivity contribution in [3.05, 3.63) is 18.2 Å². The van der Waals surface area contributed by atoms with Crippen LogP contribution in [-0.2, 0) is 22.5 Å². The van der Waals surface area contributed by atoms with Gasteiger partial charge in [0, 0.05) is 32.8 Å². The Hall–Kier alpha value is -1.36. The van der Waals surface area contributed by atoms with Crippen LogP contribution >= 0.6 is 0 Å². The maximum atomic E-state index is 11.8. The van der Waals surface area contributed by atoms with Crippen LogP contribution in [0.1, 0.15) is 19.0 Å². The van der Waals surface area contributed by atoms with Crippen LogP contribution in [0.3, 0.4) is 0 Å². The molecule has 1 unspecified atom stereocenters. The Morgan fingerprint density at radius 3 is 3.18 bits per heavy atom. The first kappa shape index (κ1) is 12.1. The molecular weight excluding hydrogens is 218 g/mol. The molecule has 0 N–H and O–H groups in total. The van der Waals surface area contributed by atoms with E-state index in [0.29, 0.717) is 19.6 Å². The molecule has 2 rings (SSSR count). The number of imidazole rings is 1. The van der Waals surface area contributed by atoms with E-state index < -0.39 is 0 Å². The van der Waals surface area contributed by atoms with Crippen LogP contribution in [0, 0.1) is 0 Å². The number of morpholine rings is 1. The summed E-state index contributed by atoms with van der Waals surface area (Å²) in [6.45, 7) is 4.39. The number of carbonyl (C=O) groups excluding carboxylic acids is 1. The highest BCUT2D eigenvalue weighted by Gasteiger charge is 2.27. The van der Waals surface area contributed by atoms with E-state index in [4.69, 9.17) is 4.74 Å². The van der Waals surface area contributed by atoms with Gasteiger partial charge >= 0.3 is 0 Å². The fourth-order valence-electron chi connectivity index (χ4n) is 1.99. The molecule has 5 heteroatoms. The van der Waals surface area contributed by atoms with Gasteiger partial charge in [0.25, 0.3) is 5.91 Å². The van der Waals surface area contributed by atoms with Crippen LogP contribution in [-0.4, -0.2) is 46.7 Å². The lowest BCUT2D eigenvalue weighted by Crippen LogP contribution is -2.46. The number of rotatable bonds is 4. The van der Waals surface area contributed by atoms with E-state index in [1.807, 2.05) is 24.1 Å². The van der Waals surface area contributed by atoms with Gasteiger partial charge in [-0.05, 0) is 6.42 Å². The van der Waals surface area contributed by atoms with Crippen molar-refractivity contribution in [3.63, 3.8) is 0 Å². The van der Waals surface area contributed by atoms with Crippen molar-refractivity contribution in [3.8, 4) is 0 Å². The van der Waals surface area contributed by atoms with Gasteiger partial charge in [-0.15, -0.1) is 0 Å². The molecule has 1 atom stereocenters. The Balaban J connectivity index is 1.97. The standard InChI is InChI=1S/C12H19N3O2/c1-3-4-15-8-10(13-9-15)7-11-12(16)14(2)5-6-17-11/h8-9,11H,3-7H2,1-2H3. The summed E-state index contributed by atoms with van der Waals surface area (Å²) in [7, 11) is 1.81. The highest BCUT2D eigenvalue weighted by Crippen LogP contribution is 2.11. The summed E-state index contributed by atoms with van der Waals surface area (Å²) in [5, 5.41) is 0. The highest BCUT2D eigenvalue weighted by molar-refractivity contribution is 5.81. The van der Waals surface area contributed by atoms with E-state index >= 15 is 0 Å². The number of hydrogen-bond donors (Lipinski definition) is 0. The predicted molar refractivity (Wildman–Crippen MR) is 63.6 cm³/mol. The zero-order valence-corrected chi connectivity index (χ0v) is 10.4. The van der Waals surface area contributed by atoms with E-state index in [1.54, 1.807) is 4.90 Å². The van der Waals surface area contributed by atoms with Crippen LogP contribution in [0.25, 0.3) is 0 Å². The first-order valence-corrected chi connectivity index (χ1v) is 6.08. The van der Waals surface area contributed by atoms with Crippen molar-refractivity contribution in [2.75, 3.05) is 20.2 Å². The van der Waals surface area contributed by atoms with Gasteiger partial charge in [0.1, 0.15) is 6.10 Å². The third-order valence-corrected chi connectivity index (χ3v) is 2.96. The smallest absolute Gasteiger partial charge is 0.251 e. The summed E-state index contributed by atoms with van der Waals surface area (Å²) in [5.41, 5.74) is 0.923. The molecule has 1 amide bonds. The Labute approximate surface area is 101 Å². The topological polar surface area (TPSA) is 47.4 Å². The second kappa shape index (κ2) is 5.31. The Kier molecular flexibility index (Phi) is 3.78. The minimum atomic E-state index is -0.362. The molecular formula is C12H19N3O2. The SMILES string of the molecule is CCCn1cnc(CC2OCCN(C)C2=O)c1. The number of hydrogen-bond acceptors (Lipinski definition) is 3. The van der Waals surface area contributed by atoms with E-state index in [2.05, 4.69) is 11.9 Å². The van der Waals surface area contributed by atoms with E-state index in [9.17, 15) is 4.79 Å². The van der Waals surface area contributed by atoms with Crippen LogP contribution in [0.2, 0.25) is 0 Å². The minimum Gasteiger partial charge on any atom is -0.366 e. The number of likely N-dealkylation sites (N-methyl/N-ethyl adjacent to an activating group) is 1. The van der Waals surface area contributed by atoms with Gasteiger partial charge in [-0.1, -0.05) is 6.92 Å². The normalized spacial score (nSPS) is 20.9. The summed E-state index contributed by atoms with van der Waals surface area (Å²) in [5.74, 6) is 0.0568. The molecule has 1 fully saturated rings. The van der Waals surface area contributed by atoms with E-state index in [-0.39, 0.29) is 12.0 Å². The number of amides is 1. The molecule has 1 aromatic rings. The molecule has 1 aliphatic heterocycles. The first-order valence-electron chi connectivity index (χ1n) is 6.08. The average molecular weight is 237 g/mol. The number of aromatic nitrogens is 2. The molecule has 0 aromatic carbocycles. The Bertz CT molecular complexity index is 389. The quantitative estimate of drug-likeness (QED) is 0.774. The number of ether oxygens (including phenoxy) is 1. The maximum absolute atomic E-state index is 11.8. The highest BCUT2D eigenvalue weighted by atomic mass is 16.5. The van der Waals surface area contributed by atoms with Crippen LogP contribution in [0.15, 0.2) is 12.5 Å². The van der Waals surface area contributed by atoms with E-state index in [0.717, 1.165) is 18.7 Å². The number of nitrogens with zero attached hydrogens (tertiary/aromatic N) is 3. The number of aryl methyl sites for hydroxylation is 1. The summed E-state index contributed by atoms with van der Waals surface area (Å²) in [6, 6.07) is 0. The summed E-state index contributed by atoms with van der Waals surface area (Å²) in [4.78, 5) is 17.8. The van der Waals surface area contributed by atoms with Crippen LogP contribution in [0.5, 0.6) is 0 Å². The largest absolute Gasteiger partial charge is 0.366 e. The third-order valence-electron chi connectivity index (χ3n) is 2.96. The lowest BCUT2D eigenvalue weighted by atomic mass is 10.1. The van der Waals surface area contributed by atoms with Crippen molar-refractivity contribution in [2.45, 2.75) is 32.4 Å². The van der Waals surface area contributed by atoms with Gasteiger partial charge < -0.3 is 14.2 Å². The molecule has 1 aromatic heterocycles. The minimum absolute atomic E-state index is 0.0568. The molecule has 0 saturated carbocycles. The van der Waals surface area contributed by atoms with Gasteiger partial charge in [0.2, 0.25) is 0 Å². The second-order valence-corrected chi connectivity index (χ2v) is 4.43. The molecule has 0 aliphatic carbocycles. The fourth-order valence-corrected chi connectivity index (χ4v) is 1.99. The summed E-state index contributed by atoms with van der Waals surface area (Å²) >= 11 is 0. The third kappa shape index (κ3) is 2.85. The van der Waals surface area contributed by atoms with Crippen LogP contribution in [0.4, 0.5) is 0 Å². The lowest BCUT2D eigenvalue weighted by molar-refractivity contribution is -0.150. The summed E-state index contributed by atoms with van der Waals surface area (Å²) < 4.78 is 7.54. The van der Waals surface area contributed by atoms with Crippen LogP contribution < -0.4 is 0 Å². The molecule has 0 bridgehead atoms. The van der Waals surface area contributed by atoms with Crippen molar-refractivity contribution in [2.24, 2.45) is 0 Å². The summed E-state index contributed by atoms with van der Waals surface area (Å²) in [6.07, 6.45) is 5.10. The van der Waals surface area contributed by atoms with Crippen molar-refractivity contribution >= 4 is 5.91 Å².